The summed E-state index contributed by atoms with van der Waals surface area (Å²) in [5, 5.41) is 0. The lowest BCUT2D eigenvalue weighted by Crippen LogP contribution is -2.11. The topological polar surface area (TPSA) is 38.9 Å². The molecule has 0 aliphatic rings. The highest BCUT2D eigenvalue weighted by molar-refractivity contribution is 5.11. The Bertz CT molecular complexity index is 237. The summed E-state index contributed by atoms with van der Waals surface area (Å²) in [7, 11) is 0. The van der Waals surface area contributed by atoms with Crippen LogP contribution in [0.1, 0.15) is 18.5 Å². The summed E-state index contributed by atoms with van der Waals surface area (Å²) in [5.74, 6) is -0.276. The molecule has 0 aromatic carbocycles. The van der Waals surface area contributed by atoms with E-state index in [1.165, 1.54) is 6.07 Å². The van der Waals surface area contributed by atoms with Crippen molar-refractivity contribution in [2.75, 3.05) is 6.54 Å². The van der Waals surface area contributed by atoms with Gasteiger partial charge in [0, 0.05) is 18.7 Å². The van der Waals surface area contributed by atoms with Gasteiger partial charge in [0.1, 0.15) is 5.82 Å². The quantitative estimate of drug-likeness (QED) is 0.697. The van der Waals surface area contributed by atoms with Crippen molar-refractivity contribution in [3.8, 4) is 0 Å². The molecular formula is C8H11FN2. The molecule has 1 aromatic heterocycles. The number of aromatic nitrogens is 1. The highest BCUT2D eigenvalue weighted by Gasteiger charge is 2.08. The van der Waals surface area contributed by atoms with Crippen molar-refractivity contribution in [1.29, 1.82) is 0 Å². The molecule has 1 unspecified atom stereocenters. The van der Waals surface area contributed by atoms with E-state index >= 15 is 0 Å². The van der Waals surface area contributed by atoms with Gasteiger partial charge < -0.3 is 5.73 Å². The van der Waals surface area contributed by atoms with Crippen LogP contribution in [0.3, 0.4) is 0 Å². The van der Waals surface area contributed by atoms with E-state index in [0.29, 0.717) is 12.2 Å². The van der Waals surface area contributed by atoms with Gasteiger partial charge in [-0.25, -0.2) is 4.39 Å². The molecule has 1 atom stereocenters. The number of nitrogens with zero attached hydrogens (tertiary/aromatic N) is 1. The van der Waals surface area contributed by atoms with Crippen molar-refractivity contribution in [2.24, 2.45) is 5.73 Å². The maximum absolute atomic E-state index is 12.9. The molecular weight excluding hydrogens is 143 g/mol. The van der Waals surface area contributed by atoms with E-state index in [2.05, 4.69) is 4.98 Å². The molecule has 0 bridgehead atoms. The van der Waals surface area contributed by atoms with Crippen molar-refractivity contribution < 1.29 is 4.39 Å². The lowest BCUT2D eigenvalue weighted by atomic mass is 10.1. The van der Waals surface area contributed by atoms with Crippen LogP contribution in [0.4, 0.5) is 4.39 Å². The summed E-state index contributed by atoms with van der Waals surface area (Å²) < 4.78 is 12.9. The summed E-state index contributed by atoms with van der Waals surface area (Å²) in [4.78, 5) is 3.89. The van der Waals surface area contributed by atoms with E-state index < -0.39 is 0 Å². The fourth-order valence-corrected chi connectivity index (χ4v) is 0.872. The number of pyridine rings is 1. The fourth-order valence-electron chi connectivity index (χ4n) is 0.872. The van der Waals surface area contributed by atoms with Crippen LogP contribution in [-0.2, 0) is 0 Å². The van der Waals surface area contributed by atoms with Crippen LogP contribution < -0.4 is 5.73 Å². The van der Waals surface area contributed by atoms with Gasteiger partial charge in [0.25, 0.3) is 0 Å². The van der Waals surface area contributed by atoms with Crippen molar-refractivity contribution in [3.63, 3.8) is 0 Å². The average Bonchev–Trinajstić information content (AvgIpc) is 2.04. The molecule has 2 nitrogen and oxygen atoms in total. The molecule has 0 aliphatic carbocycles. The van der Waals surface area contributed by atoms with Gasteiger partial charge in [-0.1, -0.05) is 6.92 Å². The molecule has 2 N–H and O–H groups in total. The predicted octanol–water partition coefficient (Wildman–Crippen LogP) is 1.28. The number of nitrogens with two attached hydrogens (primary N) is 1. The summed E-state index contributed by atoms with van der Waals surface area (Å²) in [6.45, 7) is 2.28. The minimum atomic E-state index is -0.273. The standard InChI is InChI=1S/C8H11FN2/c1-6(5-10)8-7(9)3-2-4-11-8/h2-4,6H,5,10H2,1H3. The monoisotopic (exact) mass is 154 g/mol. The molecule has 0 spiro atoms. The van der Waals surface area contributed by atoms with Gasteiger partial charge in [-0.15, -0.1) is 0 Å². The summed E-state index contributed by atoms with van der Waals surface area (Å²) in [5.41, 5.74) is 5.82. The van der Waals surface area contributed by atoms with Gasteiger partial charge in [0.15, 0.2) is 0 Å². The van der Waals surface area contributed by atoms with E-state index in [1.807, 2.05) is 6.92 Å². The fraction of sp³-hybridized carbons (Fsp3) is 0.375. The molecule has 11 heavy (non-hydrogen) atoms. The lowest BCUT2D eigenvalue weighted by Gasteiger charge is -2.07. The molecule has 1 heterocycles. The zero-order valence-corrected chi connectivity index (χ0v) is 6.42. The highest BCUT2D eigenvalue weighted by Crippen LogP contribution is 2.13. The number of hydrogen-bond acceptors (Lipinski definition) is 2. The molecule has 3 heteroatoms. The number of halogens is 1. The Kier molecular flexibility index (Phi) is 2.54. The van der Waals surface area contributed by atoms with E-state index in [4.69, 9.17) is 5.73 Å². The first-order chi connectivity index (χ1) is 5.25. The second-order valence-electron chi connectivity index (χ2n) is 2.51. The first-order valence-corrected chi connectivity index (χ1v) is 3.56. The normalized spacial score (nSPS) is 13.0. The van der Waals surface area contributed by atoms with Crippen LogP contribution in [0.2, 0.25) is 0 Å². The molecule has 0 saturated heterocycles. The van der Waals surface area contributed by atoms with Crippen molar-refractivity contribution >= 4 is 0 Å². The third-order valence-corrected chi connectivity index (χ3v) is 1.61. The van der Waals surface area contributed by atoms with Crippen LogP contribution in [0.15, 0.2) is 18.3 Å². The van der Waals surface area contributed by atoms with Crippen molar-refractivity contribution in [2.45, 2.75) is 12.8 Å². The zero-order chi connectivity index (χ0) is 8.27. The average molecular weight is 154 g/mol. The van der Waals surface area contributed by atoms with Crippen LogP contribution in [0.5, 0.6) is 0 Å². The Morgan fingerprint density at radius 3 is 3.00 bits per heavy atom. The molecule has 0 saturated carbocycles. The maximum atomic E-state index is 12.9. The second kappa shape index (κ2) is 3.44. The van der Waals surface area contributed by atoms with Gasteiger partial charge in [-0.05, 0) is 12.1 Å². The Hall–Kier alpha value is -0.960. The third kappa shape index (κ3) is 1.74. The number of rotatable bonds is 2. The minimum Gasteiger partial charge on any atom is -0.330 e. The summed E-state index contributed by atoms with van der Waals surface area (Å²) >= 11 is 0. The van der Waals surface area contributed by atoms with Gasteiger partial charge in [0.2, 0.25) is 0 Å². The summed E-state index contributed by atoms with van der Waals surface area (Å²) in [6, 6.07) is 2.97. The first-order valence-electron chi connectivity index (χ1n) is 3.56. The maximum Gasteiger partial charge on any atom is 0.145 e. The lowest BCUT2D eigenvalue weighted by molar-refractivity contribution is 0.576. The van der Waals surface area contributed by atoms with Crippen molar-refractivity contribution in [1.82, 2.24) is 4.98 Å². The van der Waals surface area contributed by atoms with E-state index in [1.54, 1.807) is 12.3 Å². The zero-order valence-electron chi connectivity index (χ0n) is 6.42. The van der Waals surface area contributed by atoms with Crippen LogP contribution in [-0.4, -0.2) is 11.5 Å². The molecule has 0 radical (unpaired) electrons. The Balaban J connectivity index is 2.93. The largest absolute Gasteiger partial charge is 0.330 e. The highest BCUT2D eigenvalue weighted by atomic mass is 19.1. The Morgan fingerprint density at radius 1 is 1.73 bits per heavy atom. The van der Waals surface area contributed by atoms with Gasteiger partial charge >= 0.3 is 0 Å². The molecule has 1 aromatic rings. The SMILES string of the molecule is CC(CN)c1ncccc1F. The molecule has 1 rings (SSSR count). The van der Waals surface area contributed by atoms with Gasteiger partial charge in [-0.3, -0.25) is 4.98 Å². The van der Waals surface area contributed by atoms with Crippen molar-refractivity contribution in [3.05, 3.63) is 29.8 Å². The van der Waals surface area contributed by atoms with Gasteiger partial charge in [0.05, 0.1) is 5.69 Å². The molecule has 60 valence electrons. The Morgan fingerprint density at radius 2 is 2.45 bits per heavy atom. The first kappa shape index (κ1) is 8.14. The molecule has 0 amide bonds. The van der Waals surface area contributed by atoms with Crippen LogP contribution in [0.25, 0.3) is 0 Å². The second-order valence-corrected chi connectivity index (χ2v) is 2.51. The van der Waals surface area contributed by atoms with E-state index in [9.17, 15) is 4.39 Å². The smallest absolute Gasteiger partial charge is 0.145 e. The molecule has 0 fully saturated rings. The number of hydrogen-bond donors (Lipinski definition) is 1. The van der Waals surface area contributed by atoms with E-state index in [0.717, 1.165) is 0 Å². The van der Waals surface area contributed by atoms with Crippen LogP contribution >= 0.6 is 0 Å². The van der Waals surface area contributed by atoms with Crippen LogP contribution in [0, 0.1) is 5.82 Å². The summed E-state index contributed by atoms with van der Waals surface area (Å²) in [6.07, 6.45) is 1.57. The predicted molar refractivity (Wildman–Crippen MR) is 41.7 cm³/mol. The Labute approximate surface area is 65.3 Å². The molecule has 0 aliphatic heterocycles. The van der Waals surface area contributed by atoms with E-state index in [-0.39, 0.29) is 11.7 Å². The van der Waals surface area contributed by atoms with Gasteiger partial charge in [-0.2, -0.15) is 0 Å². The minimum absolute atomic E-state index is 0.00352. The third-order valence-electron chi connectivity index (χ3n) is 1.61.